The Hall–Kier alpha value is -2.06. The first-order chi connectivity index (χ1) is 11.9. The number of aromatic nitrogens is 3. The van der Waals surface area contributed by atoms with Crippen LogP contribution in [-0.4, -0.2) is 42.7 Å². The molecule has 2 aromatic rings. The molecular weight excluding hydrogens is 338 g/mol. The lowest BCUT2D eigenvalue weighted by molar-refractivity contribution is 0.448. The topological polar surface area (TPSA) is 96.9 Å². The maximum atomic E-state index is 12.1. The fourth-order valence-electron chi connectivity index (χ4n) is 3.00. The van der Waals surface area contributed by atoms with Gasteiger partial charge in [0.15, 0.2) is 9.84 Å². The SMILES string of the molecule is Cc1ccnc(CNc2ncc(S(C)(=O)=O)c([C@H]3CCCNC3)n2)c1. The second kappa shape index (κ2) is 7.45. The summed E-state index contributed by atoms with van der Waals surface area (Å²) in [6, 6.07) is 3.93. The summed E-state index contributed by atoms with van der Waals surface area (Å²) in [7, 11) is -3.37. The highest BCUT2D eigenvalue weighted by molar-refractivity contribution is 7.90. The predicted molar refractivity (Wildman–Crippen MR) is 96.3 cm³/mol. The van der Waals surface area contributed by atoms with Gasteiger partial charge < -0.3 is 10.6 Å². The van der Waals surface area contributed by atoms with Gasteiger partial charge in [0, 0.05) is 24.9 Å². The standard InChI is InChI=1S/C17H23N5O2S/c1-12-5-7-19-14(8-12)10-20-17-21-11-15(25(2,23)24)16(22-17)13-4-3-6-18-9-13/h5,7-8,11,13,18H,3-4,6,9-10H2,1-2H3,(H,20,21,22)/t13-/m0/s1. The van der Waals surface area contributed by atoms with Crippen molar-refractivity contribution in [2.75, 3.05) is 24.7 Å². The quantitative estimate of drug-likeness (QED) is 0.836. The third kappa shape index (κ3) is 4.52. The maximum Gasteiger partial charge on any atom is 0.223 e. The van der Waals surface area contributed by atoms with Crippen molar-refractivity contribution in [3.63, 3.8) is 0 Å². The molecule has 0 bridgehead atoms. The molecule has 1 saturated heterocycles. The van der Waals surface area contributed by atoms with Crippen LogP contribution in [0.1, 0.15) is 35.7 Å². The van der Waals surface area contributed by atoms with E-state index in [9.17, 15) is 8.42 Å². The van der Waals surface area contributed by atoms with Crippen molar-refractivity contribution in [2.24, 2.45) is 0 Å². The van der Waals surface area contributed by atoms with Gasteiger partial charge in [0.25, 0.3) is 0 Å². The molecule has 0 saturated carbocycles. The van der Waals surface area contributed by atoms with E-state index < -0.39 is 9.84 Å². The van der Waals surface area contributed by atoms with Crippen LogP contribution in [0, 0.1) is 6.92 Å². The average Bonchev–Trinajstić information content (AvgIpc) is 2.60. The summed E-state index contributed by atoms with van der Waals surface area (Å²) >= 11 is 0. The number of piperidine rings is 1. The molecule has 0 aliphatic carbocycles. The Morgan fingerprint density at radius 2 is 2.20 bits per heavy atom. The van der Waals surface area contributed by atoms with E-state index in [1.54, 1.807) is 6.20 Å². The van der Waals surface area contributed by atoms with Crippen LogP contribution in [0.15, 0.2) is 29.4 Å². The lowest BCUT2D eigenvalue weighted by atomic mass is 9.96. The fourth-order valence-corrected chi connectivity index (χ4v) is 3.83. The van der Waals surface area contributed by atoms with Gasteiger partial charge in [-0.2, -0.15) is 0 Å². The molecule has 3 rings (SSSR count). The van der Waals surface area contributed by atoms with Crippen molar-refractivity contribution in [2.45, 2.75) is 37.1 Å². The monoisotopic (exact) mass is 361 g/mol. The molecule has 2 aromatic heterocycles. The van der Waals surface area contributed by atoms with Gasteiger partial charge in [-0.1, -0.05) is 0 Å². The van der Waals surface area contributed by atoms with Gasteiger partial charge in [-0.05, 0) is 44.0 Å². The Balaban J connectivity index is 1.85. The Morgan fingerprint density at radius 3 is 2.88 bits per heavy atom. The number of pyridine rings is 1. The molecule has 1 fully saturated rings. The number of hydrogen-bond acceptors (Lipinski definition) is 7. The number of nitrogens with one attached hydrogen (secondary N) is 2. The van der Waals surface area contributed by atoms with Crippen LogP contribution in [0.3, 0.4) is 0 Å². The van der Waals surface area contributed by atoms with Crippen LogP contribution in [0.5, 0.6) is 0 Å². The van der Waals surface area contributed by atoms with Gasteiger partial charge in [0.1, 0.15) is 4.90 Å². The normalized spacial score (nSPS) is 18.1. The molecular formula is C17H23N5O2S. The van der Waals surface area contributed by atoms with E-state index in [1.165, 1.54) is 12.5 Å². The van der Waals surface area contributed by atoms with Crippen molar-refractivity contribution in [3.05, 3.63) is 41.5 Å². The minimum atomic E-state index is -3.37. The molecule has 134 valence electrons. The first-order valence-corrected chi connectivity index (χ1v) is 10.3. The van der Waals surface area contributed by atoms with E-state index in [4.69, 9.17) is 0 Å². The first kappa shape index (κ1) is 17.8. The van der Waals surface area contributed by atoms with E-state index in [-0.39, 0.29) is 10.8 Å². The second-order valence-electron chi connectivity index (χ2n) is 6.44. The van der Waals surface area contributed by atoms with Crippen LogP contribution >= 0.6 is 0 Å². The second-order valence-corrected chi connectivity index (χ2v) is 8.42. The largest absolute Gasteiger partial charge is 0.349 e. The predicted octanol–water partition coefficient (Wildman–Crippen LogP) is 1.66. The summed E-state index contributed by atoms with van der Waals surface area (Å²) in [5.74, 6) is 0.510. The van der Waals surface area contributed by atoms with Crippen LogP contribution in [0.2, 0.25) is 0 Å². The number of anilines is 1. The van der Waals surface area contributed by atoms with Gasteiger partial charge in [0.2, 0.25) is 5.95 Å². The molecule has 1 atom stereocenters. The minimum absolute atomic E-state index is 0.0825. The zero-order valence-corrected chi connectivity index (χ0v) is 15.3. The number of hydrogen-bond donors (Lipinski definition) is 2. The van der Waals surface area contributed by atoms with E-state index in [0.29, 0.717) is 18.2 Å². The molecule has 0 radical (unpaired) electrons. The zero-order chi connectivity index (χ0) is 17.9. The van der Waals surface area contributed by atoms with Gasteiger partial charge in [-0.3, -0.25) is 4.98 Å². The van der Waals surface area contributed by atoms with Gasteiger partial charge in [-0.25, -0.2) is 18.4 Å². The molecule has 1 aliphatic heterocycles. The summed E-state index contributed by atoms with van der Waals surface area (Å²) in [6.07, 6.45) is 6.31. The highest BCUT2D eigenvalue weighted by Crippen LogP contribution is 2.27. The van der Waals surface area contributed by atoms with Gasteiger partial charge >= 0.3 is 0 Å². The third-order valence-corrected chi connectivity index (χ3v) is 5.38. The van der Waals surface area contributed by atoms with E-state index in [2.05, 4.69) is 25.6 Å². The third-order valence-electron chi connectivity index (χ3n) is 4.27. The molecule has 3 heterocycles. The molecule has 8 heteroatoms. The number of aryl methyl sites for hydroxylation is 1. The number of sulfone groups is 1. The Kier molecular flexibility index (Phi) is 5.29. The molecule has 7 nitrogen and oxygen atoms in total. The van der Waals surface area contributed by atoms with Crippen molar-refractivity contribution in [3.8, 4) is 0 Å². The van der Waals surface area contributed by atoms with E-state index in [1.807, 2.05) is 19.1 Å². The van der Waals surface area contributed by atoms with Crippen molar-refractivity contribution < 1.29 is 8.42 Å². The molecule has 0 unspecified atom stereocenters. The molecule has 0 spiro atoms. The zero-order valence-electron chi connectivity index (χ0n) is 14.5. The highest BCUT2D eigenvalue weighted by Gasteiger charge is 2.25. The number of nitrogens with zero attached hydrogens (tertiary/aromatic N) is 3. The van der Waals surface area contributed by atoms with E-state index in [0.717, 1.165) is 37.2 Å². The highest BCUT2D eigenvalue weighted by atomic mass is 32.2. The molecule has 2 N–H and O–H groups in total. The van der Waals surface area contributed by atoms with E-state index >= 15 is 0 Å². The Labute approximate surface area is 148 Å². The maximum absolute atomic E-state index is 12.1. The molecule has 25 heavy (non-hydrogen) atoms. The van der Waals surface area contributed by atoms with Crippen molar-refractivity contribution in [1.29, 1.82) is 0 Å². The van der Waals surface area contributed by atoms with Crippen molar-refractivity contribution >= 4 is 15.8 Å². The summed E-state index contributed by atoms with van der Waals surface area (Å²) in [5, 5.41) is 6.46. The van der Waals surface area contributed by atoms with Crippen LogP contribution in [0.4, 0.5) is 5.95 Å². The molecule has 0 aromatic carbocycles. The lowest BCUT2D eigenvalue weighted by Crippen LogP contribution is -2.30. The van der Waals surface area contributed by atoms with Gasteiger partial charge in [-0.15, -0.1) is 0 Å². The Morgan fingerprint density at radius 1 is 1.36 bits per heavy atom. The smallest absolute Gasteiger partial charge is 0.223 e. The van der Waals surface area contributed by atoms with Crippen LogP contribution < -0.4 is 10.6 Å². The summed E-state index contributed by atoms with van der Waals surface area (Å²) in [6.45, 7) is 4.19. The number of rotatable bonds is 5. The summed E-state index contributed by atoms with van der Waals surface area (Å²) in [4.78, 5) is 13.2. The van der Waals surface area contributed by atoms with Gasteiger partial charge in [0.05, 0.1) is 24.1 Å². The van der Waals surface area contributed by atoms with Crippen molar-refractivity contribution in [1.82, 2.24) is 20.3 Å². The summed E-state index contributed by atoms with van der Waals surface area (Å²) in [5.41, 5.74) is 2.62. The summed E-state index contributed by atoms with van der Waals surface area (Å²) < 4.78 is 24.2. The average molecular weight is 361 g/mol. The lowest BCUT2D eigenvalue weighted by Gasteiger charge is -2.24. The van der Waals surface area contributed by atoms with Crippen LogP contribution in [-0.2, 0) is 16.4 Å². The Bertz CT molecular complexity index is 848. The molecule has 1 aliphatic rings. The van der Waals surface area contributed by atoms with Crippen LogP contribution in [0.25, 0.3) is 0 Å². The first-order valence-electron chi connectivity index (χ1n) is 8.36. The minimum Gasteiger partial charge on any atom is -0.349 e. The molecule has 0 amide bonds. The fraction of sp³-hybridized carbons (Fsp3) is 0.471.